The van der Waals surface area contributed by atoms with Crippen LogP contribution in [0.5, 0.6) is 0 Å². The average Bonchev–Trinajstić information content (AvgIpc) is 2.78. The summed E-state index contributed by atoms with van der Waals surface area (Å²) in [5.74, 6) is 1.35. The molecule has 0 saturated carbocycles. The molecule has 0 unspecified atom stereocenters. The molecule has 32 heavy (non-hydrogen) atoms. The Hall–Kier alpha value is -2.74. The molecule has 2 N–H and O–H groups in total. The number of hydrogen-bond acceptors (Lipinski definition) is 7. The fraction of sp³-hybridized carbons (Fsp3) is 0.480. The molecule has 2 aromatic rings. The minimum atomic E-state index is 0.216. The third-order valence-electron chi connectivity index (χ3n) is 5.08. The molecule has 0 aliphatic carbocycles. The average molecular weight is 451 g/mol. The molecule has 0 spiro atoms. The van der Waals surface area contributed by atoms with E-state index in [4.69, 9.17) is 4.98 Å². The first kappa shape index (κ1) is 25.5. The molecule has 0 bridgehead atoms. The number of nitrogens with one attached hydrogen (secondary N) is 2. The summed E-state index contributed by atoms with van der Waals surface area (Å²) in [4.78, 5) is 6.82. The molecule has 0 aliphatic rings. The molecule has 0 saturated heterocycles. The fourth-order valence-corrected chi connectivity index (χ4v) is 4.26. The summed E-state index contributed by atoms with van der Waals surface area (Å²) in [6.45, 7) is 11.0. The zero-order valence-corrected chi connectivity index (χ0v) is 20.9. The maximum atomic E-state index is 9.87. The Balaban J connectivity index is 2.28. The van der Waals surface area contributed by atoms with Crippen LogP contribution in [0.3, 0.4) is 0 Å². The van der Waals surface area contributed by atoms with E-state index in [0.717, 1.165) is 36.4 Å². The Labute approximate surface area is 197 Å². The van der Waals surface area contributed by atoms with Gasteiger partial charge in [0.1, 0.15) is 23.0 Å². The van der Waals surface area contributed by atoms with Crippen molar-refractivity contribution in [1.29, 1.82) is 10.5 Å². The molecule has 0 fully saturated rings. The second-order valence-corrected chi connectivity index (χ2v) is 9.90. The molecule has 0 atom stereocenters. The Morgan fingerprint density at radius 2 is 1.75 bits per heavy atom. The number of rotatable bonds is 10. The molecule has 0 radical (unpaired) electrons. The van der Waals surface area contributed by atoms with Gasteiger partial charge >= 0.3 is 0 Å². The highest BCUT2D eigenvalue weighted by Gasteiger charge is 2.21. The lowest BCUT2D eigenvalue weighted by Gasteiger charge is -2.24. The van der Waals surface area contributed by atoms with Crippen LogP contribution in [0, 0.1) is 28.1 Å². The second-order valence-electron chi connectivity index (χ2n) is 8.94. The monoisotopic (exact) mass is 450 g/mol. The molecule has 1 heterocycles. The van der Waals surface area contributed by atoms with E-state index in [9.17, 15) is 10.5 Å². The van der Waals surface area contributed by atoms with Crippen LogP contribution in [0.4, 0.5) is 11.5 Å². The first-order chi connectivity index (χ1) is 15.2. The summed E-state index contributed by atoms with van der Waals surface area (Å²) in [5, 5.41) is 27.0. The summed E-state index contributed by atoms with van der Waals surface area (Å²) < 4.78 is 0. The van der Waals surface area contributed by atoms with Gasteiger partial charge in [0.2, 0.25) is 0 Å². The van der Waals surface area contributed by atoms with Gasteiger partial charge in [-0.3, -0.25) is 0 Å². The SMILES string of the molecule is CCc1c(C#N)c(SCc2ccc(NC)cc2)nc(N(C)CCNCC(C)(C)C)c1C#N. The van der Waals surface area contributed by atoms with Crippen LogP contribution in [0.2, 0.25) is 0 Å². The van der Waals surface area contributed by atoms with Gasteiger partial charge in [0.25, 0.3) is 0 Å². The van der Waals surface area contributed by atoms with Crippen LogP contribution in [-0.2, 0) is 12.2 Å². The van der Waals surface area contributed by atoms with E-state index in [0.29, 0.717) is 34.1 Å². The normalized spacial score (nSPS) is 11.0. The predicted octanol–water partition coefficient (Wildman–Crippen LogP) is 4.79. The molecule has 2 rings (SSSR count). The van der Waals surface area contributed by atoms with E-state index >= 15 is 0 Å². The molecule has 0 amide bonds. The van der Waals surface area contributed by atoms with Gasteiger partial charge < -0.3 is 15.5 Å². The van der Waals surface area contributed by atoms with Crippen LogP contribution in [0.1, 0.15) is 49.9 Å². The van der Waals surface area contributed by atoms with Crippen LogP contribution in [0.25, 0.3) is 0 Å². The minimum Gasteiger partial charge on any atom is -0.388 e. The first-order valence-corrected chi connectivity index (χ1v) is 11.9. The zero-order chi connectivity index (χ0) is 23.7. The number of benzene rings is 1. The second kappa shape index (κ2) is 11.8. The van der Waals surface area contributed by atoms with Crippen LogP contribution >= 0.6 is 11.8 Å². The molecular weight excluding hydrogens is 416 g/mol. The third kappa shape index (κ3) is 6.88. The molecule has 170 valence electrons. The van der Waals surface area contributed by atoms with Gasteiger partial charge in [-0.2, -0.15) is 10.5 Å². The van der Waals surface area contributed by atoms with Gasteiger partial charge in [0.05, 0.1) is 11.1 Å². The minimum absolute atomic E-state index is 0.216. The number of nitrogens with zero attached hydrogens (tertiary/aromatic N) is 4. The summed E-state index contributed by atoms with van der Waals surface area (Å²) >= 11 is 1.54. The highest BCUT2D eigenvalue weighted by Crippen LogP contribution is 2.33. The van der Waals surface area contributed by atoms with Crippen LogP contribution in [-0.4, -0.2) is 38.7 Å². The van der Waals surface area contributed by atoms with Gasteiger partial charge in [-0.05, 0) is 35.1 Å². The summed E-state index contributed by atoms with van der Waals surface area (Å²) in [5.41, 5.74) is 4.23. The van der Waals surface area contributed by atoms with Crippen LogP contribution < -0.4 is 15.5 Å². The summed E-state index contributed by atoms with van der Waals surface area (Å²) in [6, 6.07) is 12.8. The van der Waals surface area contributed by atoms with Crippen LogP contribution in [0.15, 0.2) is 29.3 Å². The van der Waals surface area contributed by atoms with Gasteiger partial charge in [0, 0.05) is 45.2 Å². The van der Waals surface area contributed by atoms with E-state index in [1.165, 1.54) is 0 Å². The van der Waals surface area contributed by atoms with Crippen molar-refractivity contribution in [1.82, 2.24) is 10.3 Å². The smallest absolute Gasteiger partial charge is 0.148 e. The fourth-order valence-electron chi connectivity index (χ4n) is 3.30. The number of thioether (sulfide) groups is 1. The third-order valence-corrected chi connectivity index (χ3v) is 6.13. The van der Waals surface area contributed by atoms with Crippen molar-refractivity contribution in [2.45, 2.75) is 44.9 Å². The Morgan fingerprint density at radius 3 is 2.28 bits per heavy atom. The van der Waals surface area contributed by atoms with Crippen molar-refractivity contribution in [2.75, 3.05) is 43.9 Å². The van der Waals surface area contributed by atoms with E-state index in [1.54, 1.807) is 11.8 Å². The lowest BCUT2D eigenvalue weighted by Crippen LogP contribution is -2.34. The van der Waals surface area contributed by atoms with Gasteiger partial charge in [-0.25, -0.2) is 4.98 Å². The van der Waals surface area contributed by atoms with Crippen molar-refractivity contribution in [2.24, 2.45) is 5.41 Å². The Kier molecular flexibility index (Phi) is 9.38. The lowest BCUT2D eigenvalue weighted by molar-refractivity contribution is 0.382. The summed E-state index contributed by atoms with van der Waals surface area (Å²) in [7, 11) is 3.85. The van der Waals surface area contributed by atoms with Gasteiger partial charge in [-0.1, -0.05) is 39.8 Å². The topological polar surface area (TPSA) is 87.8 Å². The number of pyridine rings is 1. The quantitative estimate of drug-likeness (QED) is 0.397. The number of anilines is 2. The Morgan fingerprint density at radius 1 is 1.09 bits per heavy atom. The van der Waals surface area contributed by atoms with E-state index in [1.807, 2.05) is 38.1 Å². The predicted molar refractivity (Wildman–Crippen MR) is 134 cm³/mol. The number of aromatic nitrogens is 1. The Bertz CT molecular complexity index is 980. The standard InChI is InChI=1S/C25H34N6S/c1-7-20-21(14-26)23(31(6)13-12-29-17-25(2,3)4)30-24(22(20)15-27)32-16-18-8-10-19(28-5)11-9-18/h8-11,28-29H,7,12-13,16-17H2,1-6H3. The number of hydrogen-bond donors (Lipinski definition) is 2. The number of nitriles is 2. The highest BCUT2D eigenvalue weighted by molar-refractivity contribution is 7.98. The number of likely N-dealkylation sites (N-methyl/N-ethyl adjacent to an activating group) is 1. The molecule has 7 heteroatoms. The highest BCUT2D eigenvalue weighted by atomic mass is 32.2. The zero-order valence-electron chi connectivity index (χ0n) is 20.0. The molecule has 0 aliphatic heterocycles. The van der Waals surface area contributed by atoms with Crippen molar-refractivity contribution < 1.29 is 0 Å². The largest absolute Gasteiger partial charge is 0.388 e. The van der Waals surface area contributed by atoms with Crippen molar-refractivity contribution in [3.8, 4) is 12.1 Å². The molecular formula is C25H34N6S. The van der Waals surface area contributed by atoms with E-state index in [2.05, 4.69) is 55.7 Å². The molecule has 1 aromatic heterocycles. The van der Waals surface area contributed by atoms with Gasteiger partial charge in [-0.15, -0.1) is 11.8 Å². The van der Waals surface area contributed by atoms with Crippen molar-refractivity contribution in [3.63, 3.8) is 0 Å². The molecule has 6 nitrogen and oxygen atoms in total. The lowest BCUT2D eigenvalue weighted by atomic mass is 9.97. The molecule has 1 aromatic carbocycles. The maximum absolute atomic E-state index is 9.87. The van der Waals surface area contributed by atoms with E-state index < -0.39 is 0 Å². The van der Waals surface area contributed by atoms with Crippen molar-refractivity contribution >= 4 is 23.3 Å². The van der Waals surface area contributed by atoms with Gasteiger partial charge in [0.15, 0.2) is 0 Å². The van der Waals surface area contributed by atoms with E-state index in [-0.39, 0.29) is 5.41 Å². The maximum Gasteiger partial charge on any atom is 0.148 e. The van der Waals surface area contributed by atoms with Crippen molar-refractivity contribution in [3.05, 3.63) is 46.5 Å². The summed E-state index contributed by atoms with van der Waals surface area (Å²) in [6.07, 6.45) is 0.613. The first-order valence-electron chi connectivity index (χ1n) is 10.9.